The number of nitrogens with one attached hydrogen (secondary N) is 3. The lowest BCUT2D eigenvalue weighted by atomic mass is 9.93. The van der Waals surface area contributed by atoms with Crippen molar-refractivity contribution in [2.24, 2.45) is 17.3 Å². The minimum atomic E-state index is -4.97. The predicted molar refractivity (Wildman–Crippen MR) is 242 cm³/mol. The van der Waals surface area contributed by atoms with Crippen molar-refractivity contribution in [1.29, 1.82) is 0 Å². The number of halogens is 4. The van der Waals surface area contributed by atoms with Crippen LogP contribution in [0.3, 0.4) is 0 Å². The van der Waals surface area contributed by atoms with Gasteiger partial charge in [0, 0.05) is 93.4 Å². The van der Waals surface area contributed by atoms with E-state index in [-0.39, 0.29) is 34.9 Å². The first-order valence-electron chi connectivity index (χ1n) is 22.6. The van der Waals surface area contributed by atoms with Gasteiger partial charge in [-0.15, -0.1) is 13.2 Å². The molecule has 3 N–H and O–H groups in total. The standard InChI is InChI=1S/C37H47F4N7O3.C8H15NO2.C2H4O2/c1-23-20-29(45(5)22-23)33-43-31(32(38)44-33)25-8-6-24(7-9-25)28-11-10-26(21-30(28)51-37(39,40)41)42-35(50)48-14-12-27(13-15-48)46-16-18-47(19-17-46)34(49)36(2,3)4;1-9-8(6-10)7-2-4-11-5-3-7;1-4-2-3/h6-11,21,23,27,29H,12-20,22H2,1-5H3,(H,42,50)(H,43,44);6-9H,2-5H2,1H3;2H,1H3. The van der Waals surface area contributed by atoms with Gasteiger partial charge in [-0.3, -0.25) is 19.4 Å². The van der Waals surface area contributed by atoms with Gasteiger partial charge in [-0.05, 0) is 75.7 Å². The van der Waals surface area contributed by atoms with E-state index in [2.05, 4.69) is 46.8 Å². The van der Waals surface area contributed by atoms with Crippen molar-refractivity contribution in [3.63, 3.8) is 0 Å². The lowest BCUT2D eigenvalue weighted by Gasteiger charge is -2.43. The number of aldehydes is 1. The molecule has 3 aromatic rings. The van der Waals surface area contributed by atoms with Crippen molar-refractivity contribution >= 4 is 30.4 Å². The number of ether oxygens (including phenoxy) is 3. The largest absolute Gasteiger partial charge is 0.573 e. The molecule has 0 radical (unpaired) electrons. The van der Waals surface area contributed by atoms with Crippen LogP contribution in [0.4, 0.5) is 28.0 Å². The number of rotatable bonds is 10. The van der Waals surface area contributed by atoms with E-state index in [1.807, 2.05) is 39.8 Å². The molecule has 66 heavy (non-hydrogen) atoms. The highest BCUT2D eigenvalue weighted by Crippen LogP contribution is 2.38. The van der Waals surface area contributed by atoms with Crippen LogP contribution in [0, 0.1) is 23.2 Å². The van der Waals surface area contributed by atoms with Gasteiger partial charge in [0.25, 0.3) is 6.47 Å². The van der Waals surface area contributed by atoms with Gasteiger partial charge in [0.15, 0.2) is 0 Å². The Morgan fingerprint density at radius 3 is 2.08 bits per heavy atom. The number of carbonyl (C=O) groups is 4. The van der Waals surface area contributed by atoms with Gasteiger partial charge in [0.1, 0.15) is 23.6 Å². The van der Waals surface area contributed by atoms with Crippen LogP contribution in [0.15, 0.2) is 42.5 Å². The number of anilines is 1. The van der Waals surface area contributed by atoms with Crippen molar-refractivity contribution in [2.75, 3.05) is 85.5 Å². The molecule has 3 unspecified atom stereocenters. The van der Waals surface area contributed by atoms with Gasteiger partial charge in [-0.1, -0.05) is 52.0 Å². The first-order valence-corrected chi connectivity index (χ1v) is 22.6. The number of amides is 3. The van der Waals surface area contributed by atoms with Crippen molar-refractivity contribution in [3.8, 4) is 28.1 Å². The lowest BCUT2D eigenvalue weighted by Crippen LogP contribution is -2.56. The number of piperidine rings is 1. The number of imidazole rings is 1. The molecule has 15 nitrogen and oxygen atoms in total. The number of hydrogen-bond acceptors (Lipinski definition) is 11. The van der Waals surface area contributed by atoms with Crippen LogP contribution in [0.25, 0.3) is 22.4 Å². The first-order chi connectivity index (χ1) is 31.3. The average Bonchev–Trinajstić information content (AvgIpc) is 3.86. The molecular weight excluding hydrogens is 865 g/mol. The van der Waals surface area contributed by atoms with Crippen molar-refractivity contribution in [1.82, 2.24) is 34.9 Å². The molecule has 2 aromatic carbocycles. The average molecular weight is 931 g/mol. The third-order valence-corrected chi connectivity index (χ3v) is 12.5. The summed E-state index contributed by atoms with van der Waals surface area (Å²) >= 11 is 0. The number of aromatic amines is 1. The van der Waals surface area contributed by atoms with Gasteiger partial charge < -0.3 is 44.4 Å². The van der Waals surface area contributed by atoms with Crippen LogP contribution in [-0.2, 0) is 23.9 Å². The number of alkyl halides is 3. The van der Waals surface area contributed by atoms with E-state index in [4.69, 9.17) is 9.53 Å². The highest BCUT2D eigenvalue weighted by molar-refractivity contribution is 5.90. The SMILES string of the molecule is CC1CC(c2nc(-c3ccc(-c4ccc(NC(=O)N5CCC(N6CCN(C(=O)C(C)(C)C)CC6)CC5)cc4OC(F)(F)F)cc3)c(F)[nH]2)N(C)C1.CNC(C=O)C1CCOCC1.COC=O. The van der Waals surface area contributed by atoms with E-state index in [0.717, 1.165) is 71.2 Å². The molecule has 4 aliphatic heterocycles. The zero-order valence-corrected chi connectivity index (χ0v) is 39.1. The minimum Gasteiger partial charge on any atom is -0.471 e. The molecule has 7 rings (SSSR count). The van der Waals surface area contributed by atoms with Crippen LogP contribution < -0.4 is 15.4 Å². The fraction of sp³-hybridized carbons (Fsp3) is 0.596. The molecule has 3 atom stereocenters. The van der Waals surface area contributed by atoms with Gasteiger partial charge >= 0.3 is 12.4 Å². The number of likely N-dealkylation sites (N-methyl/N-ethyl adjacent to an activating group) is 1. The maximum Gasteiger partial charge on any atom is 0.573 e. The fourth-order valence-electron chi connectivity index (χ4n) is 9.04. The topological polar surface area (TPSA) is 162 Å². The number of piperazine rings is 1. The number of aromatic nitrogens is 2. The third-order valence-electron chi connectivity index (χ3n) is 12.5. The normalized spacial score (nSPS) is 20.6. The number of hydrogen-bond donors (Lipinski definition) is 3. The van der Waals surface area contributed by atoms with Gasteiger partial charge in [0.05, 0.1) is 19.2 Å². The predicted octanol–water partition coefficient (Wildman–Crippen LogP) is 6.97. The molecule has 1 aromatic heterocycles. The molecule has 0 saturated carbocycles. The van der Waals surface area contributed by atoms with Crippen LogP contribution in [-0.4, -0.2) is 153 Å². The molecule has 0 bridgehead atoms. The summed E-state index contributed by atoms with van der Waals surface area (Å²) in [7, 11) is 5.12. The molecule has 0 aliphatic carbocycles. The second-order valence-corrected chi connectivity index (χ2v) is 18.4. The number of H-pyrrole nitrogens is 1. The molecule has 364 valence electrons. The summed E-state index contributed by atoms with van der Waals surface area (Å²) in [6.45, 7) is 14.7. The summed E-state index contributed by atoms with van der Waals surface area (Å²) in [4.78, 5) is 60.7. The number of urea groups is 1. The fourth-order valence-corrected chi connectivity index (χ4v) is 9.04. The Bertz CT molecular complexity index is 2040. The monoisotopic (exact) mass is 930 g/mol. The Morgan fingerprint density at radius 2 is 1.55 bits per heavy atom. The summed E-state index contributed by atoms with van der Waals surface area (Å²) in [5.41, 5.74) is 0.961. The number of benzene rings is 2. The second kappa shape index (κ2) is 23.6. The van der Waals surface area contributed by atoms with E-state index in [0.29, 0.717) is 67.5 Å². The summed E-state index contributed by atoms with van der Waals surface area (Å²) in [6.07, 6.45) is 0.422. The van der Waals surface area contributed by atoms with E-state index < -0.39 is 29.5 Å². The highest BCUT2D eigenvalue weighted by Gasteiger charge is 2.35. The van der Waals surface area contributed by atoms with E-state index in [1.54, 1.807) is 29.2 Å². The molecule has 3 amide bonds. The Kier molecular flexibility index (Phi) is 18.5. The third kappa shape index (κ3) is 14.2. The molecule has 4 aliphatic rings. The maximum absolute atomic E-state index is 15.0. The van der Waals surface area contributed by atoms with Crippen LogP contribution in [0.5, 0.6) is 5.75 Å². The number of nitrogens with zero attached hydrogens (tertiary/aromatic N) is 5. The van der Waals surface area contributed by atoms with E-state index in [1.165, 1.54) is 25.3 Å². The Balaban J connectivity index is 0.000000465. The smallest absolute Gasteiger partial charge is 0.471 e. The van der Waals surface area contributed by atoms with Crippen molar-refractivity contribution < 1.29 is 51.0 Å². The zero-order valence-electron chi connectivity index (χ0n) is 39.1. The van der Waals surface area contributed by atoms with Gasteiger partial charge in [-0.25, -0.2) is 9.78 Å². The Morgan fingerprint density at radius 1 is 0.924 bits per heavy atom. The number of methoxy groups -OCH3 is 1. The first kappa shape index (κ1) is 51.9. The molecule has 5 heterocycles. The molecule has 0 spiro atoms. The van der Waals surface area contributed by atoms with Crippen LogP contribution in [0.1, 0.15) is 71.7 Å². The van der Waals surface area contributed by atoms with Crippen LogP contribution >= 0.6 is 0 Å². The van der Waals surface area contributed by atoms with Crippen LogP contribution in [0.2, 0.25) is 0 Å². The summed E-state index contributed by atoms with van der Waals surface area (Å²) in [6, 6.07) is 10.5. The Labute approximate surface area is 384 Å². The summed E-state index contributed by atoms with van der Waals surface area (Å²) in [5.74, 6) is 0.607. The highest BCUT2D eigenvalue weighted by atomic mass is 19.4. The summed E-state index contributed by atoms with van der Waals surface area (Å²) < 4.78 is 69.1. The summed E-state index contributed by atoms with van der Waals surface area (Å²) in [5, 5.41) is 5.73. The molecule has 4 fully saturated rings. The van der Waals surface area contributed by atoms with Gasteiger partial charge in [-0.2, -0.15) is 4.39 Å². The van der Waals surface area contributed by atoms with Gasteiger partial charge in [0.2, 0.25) is 11.9 Å². The van der Waals surface area contributed by atoms with Crippen molar-refractivity contribution in [2.45, 2.75) is 84.3 Å². The van der Waals surface area contributed by atoms with E-state index >= 15 is 0 Å². The second-order valence-electron chi connectivity index (χ2n) is 18.4. The number of carbonyl (C=O) groups excluding carboxylic acids is 4. The zero-order chi connectivity index (χ0) is 48.2. The molecule has 19 heteroatoms. The molecular formula is C47H66F4N8O7. The van der Waals surface area contributed by atoms with E-state index in [9.17, 15) is 31.9 Å². The molecule has 4 saturated heterocycles. The quantitative estimate of drug-likeness (QED) is 0.142. The van der Waals surface area contributed by atoms with Crippen molar-refractivity contribution in [3.05, 3.63) is 54.2 Å². The minimum absolute atomic E-state index is 0.0192. The number of likely N-dealkylation sites (tertiary alicyclic amines) is 2. The lowest BCUT2D eigenvalue weighted by molar-refractivity contribution is -0.274. The Hall–Kier alpha value is -5.11. The maximum atomic E-state index is 15.0.